The average molecular weight is 401 g/mol. The van der Waals surface area contributed by atoms with Gasteiger partial charge in [0, 0.05) is 25.2 Å². The first-order valence-corrected chi connectivity index (χ1v) is 11.7. The van der Waals surface area contributed by atoms with Crippen molar-refractivity contribution in [1.82, 2.24) is 9.21 Å². The van der Waals surface area contributed by atoms with Crippen LogP contribution in [0.4, 0.5) is 0 Å². The van der Waals surface area contributed by atoms with Crippen LogP contribution >= 0.6 is 0 Å². The van der Waals surface area contributed by atoms with E-state index in [1.807, 2.05) is 18.2 Å². The molecular weight excluding hydrogens is 372 g/mol. The maximum Gasteiger partial charge on any atom is 0.211 e. The maximum absolute atomic E-state index is 12.2. The highest BCUT2D eigenvalue weighted by atomic mass is 32.2. The summed E-state index contributed by atoms with van der Waals surface area (Å²) in [7, 11) is -1.48. The Balaban J connectivity index is 1.76. The summed E-state index contributed by atoms with van der Waals surface area (Å²) in [5.74, 6) is 0.846. The van der Waals surface area contributed by atoms with Gasteiger partial charge in [-0.15, -0.1) is 0 Å². The predicted octanol–water partition coefficient (Wildman–Crippen LogP) is 3.28. The largest absolute Gasteiger partial charge is 0.497 e. The number of sulfonamides is 1. The molecule has 0 unspecified atom stereocenters. The summed E-state index contributed by atoms with van der Waals surface area (Å²) < 4.78 is 31.6. The predicted molar refractivity (Wildman–Crippen MR) is 111 cm³/mol. The lowest BCUT2D eigenvalue weighted by atomic mass is 9.95. The summed E-state index contributed by atoms with van der Waals surface area (Å²) in [5, 5.41) is 0. The van der Waals surface area contributed by atoms with Gasteiger partial charge in [-0.1, -0.05) is 42.5 Å². The highest BCUT2D eigenvalue weighted by Gasteiger charge is 2.43. The number of methoxy groups -OCH3 is 1. The van der Waals surface area contributed by atoms with Crippen LogP contribution in [-0.2, 0) is 10.0 Å². The van der Waals surface area contributed by atoms with Crippen LogP contribution in [-0.4, -0.2) is 56.2 Å². The summed E-state index contributed by atoms with van der Waals surface area (Å²) in [5.41, 5.74) is 2.43. The summed E-state index contributed by atoms with van der Waals surface area (Å²) in [6.07, 6.45) is 4.35. The van der Waals surface area contributed by atoms with Crippen molar-refractivity contribution in [1.29, 1.82) is 0 Å². The fraction of sp³-hybridized carbons (Fsp3) is 0.455. The standard InChI is InChI=1S/C22H28N2O3S/c1-27-21-10-6-9-18(15-21)22(17-7-4-3-5-8-17)24-19-11-12-20(24)16-23(14-13-19)28(2,25)26/h3-10,15,19-20,22H,11-14,16H2,1-2H3/t19-,20-,22-/m0/s1. The van der Waals surface area contributed by atoms with Crippen molar-refractivity contribution < 1.29 is 13.2 Å². The van der Waals surface area contributed by atoms with E-state index in [2.05, 4.69) is 41.3 Å². The lowest BCUT2D eigenvalue weighted by Gasteiger charge is -2.37. The van der Waals surface area contributed by atoms with Crippen LogP contribution in [0.3, 0.4) is 0 Å². The molecule has 0 aliphatic carbocycles. The summed E-state index contributed by atoms with van der Waals surface area (Å²) >= 11 is 0. The summed E-state index contributed by atoms with van der Waals surface area (Å²) in [6, 6.07) is 19.5. The van der Waals surface area contributed by atoms with Crippen molar-refractivity contribution in [2.24, 2.45) is 0 Å². The molecule has 28 heavy (non-hydrogen) atoms. The Labute approximate surface area is 168 Å². The lowest BCUT2D eigenvalue weighted by Crippen LogP contribution is -2.43. The van der Waals surface area contributed by atoms with Gasteiger partial charge >= 0.3 is 0 Å². The zero-order valence-corrected chi connectivity index (χ0v) is 17.3. The Morgan fingerprint density at radius 2 is 1.68 bits per heavy atom. The smallest absolute Gasteiger partial charge is 0.211 e. The number of hydrogen-bond acceptors (Lipinski definition) is 4. The molecule has 6 heteroatoms. The Kier molecular flexibility index (Phi) is 5.45. The van der Waals surface area contributed by atoms with Crippen LogP contribution in [0.15, 0.2) is 54.6 Å². The number of nitrogens with zero attached hydrogens (tertiary/aromatic N) is 2. The van der Waals surface area contributed by atoms with E-state index < -0.39 is 10.0 Å². The van der Waals surface area contributed by atoms with Gasteiger partial charge in [-0.05, 0) is 42.5 Å². The van der Waals surface area contributed by atoms with Gasteiger partial charge in [0.1, 0.15) is 5.75 Å². The zero-order valence-electron chi connectivity index (χ0n) is 16.5. The molecule has 0 N–H and O–H groups in total. The first-order chi connectivity index (χ1) is 13.5. The van der Waals surface area contributed by atoms with E-state index in [4.69, 9.17) is 4.74 Å². The second-order valence-corrected chi connectivity index (χ2v) is 9.81. The highest BCUT2D eigenvalue weighted by molar-refractivity contribution is 7.88. The number of benzene rings is 2. The van der Waals surface area contributed by atoms with Crippen LogP contribution in [0.2, 0.25) is 0 Å². The van der Waals surface area contributed by atoms with Crippen molar-refractivity contribution in [2.75, 3.05) is 26.5 Å². The van der Waals surface area contributed by atoms with E-state index in [1.165, 1.54) is 17.4 Å². The minimum Gasteiger partial charge on any atom is -0.497 e. The van der Waals surface area contributed by atoms with Crippen LogP contribution in [0.5, 0.6) is 5.75 Å². The molecule has 2 fully saturated rings. The molecule has 3 atom stereocenters. The molecule has 150 valence electrons. The van der Waals surface area contributed by atoms with E-state index >= 15 is 0 Å². The molecule has 5 nitrogen and oxygen atoms in total. The van der Waals surface area contributed by atoms with Crippen molar-refractivity contribution in [3.05, 3.63) is 65.7 Å². The van der Waals surface area contributed by atoms with E-state index in [0.29, 0.717) is 19.1 Å². The normalized spacial score (nSPS) is 24.6. The molecular formula is C22H28N2O3S. The van der Waals surface area contributed by atoms with Gasteiger partial charge in [0.25, 0.3) is 0 Å². The first kappa shape index (κ1) is 19.4. The van der Waals surface area contributed by atoms with E-state index in [9.17, 15) is 8.42 Å². The third-order valence-electron chi connectivity index (χ3n) is 6.09. The van der Waals surface area contributed by atoms with Crippen molar-refractivity contribution in [3.63, 3.8) is 0 Å². The minimum atomic E-state index is -3.17. The molecule has 4 rings (SSSR count). The molecule has 2 aromatic carbocycles. The van der Waals surface area contributed by atoms with Gasteiger partial charge in [0.15, 0.2) is 0 Å². The van der Waals surface area contributed by atoms with Gasteiger partial charge < -0.3 is 4.74 Å². The van der Waals surface area contributed by atoms with Gasteiger partial charge in [-0.2, -0.15) is 0 Å². The Morgan fingerprint density at radius 1 is 0.964 bits per heavy atom. The van der Waals surface area contributed by atoms with Crippen LogP contribution < -0.4 is 4.74 Å². The molecule has 2 aliphatic rings. The molecule has 0 aromatic heterocycles. The molecule has 0 spiro atoms. The lowest BCUT2D eigenvalue weighted by molar-refractivity contribution is 0.155. The molecule has 2 bridgehead atoms. The Bertz CT molecular complexity index is 916. The van der Waals surface area contributed by atoms with E-state index in [-0.39, 0.29) is 12.1 Å². The fourth-order valence-electron chi connectivity index (χ4n) is 4.79. The highest BCUT2D eigenvalue weighted by Crippen LogP contribution is 2.41. The number of fused-ring (bicyclic) bond motifs is 2. The van der Waals surface area contributed by atoms with Crippen molar-refractivity contribution in [2.45, 2.75) is 37.4 Å². The van der Waals surface area contributed by atoms with Gasteiger partial charge in [-0.25, -0.2) is 12.7 Å². The van der Waals surface area contributed by atoms with Gasteiger partial charge in [0.2, 0.25) is 10.0 Å². The number of ether oxygens (including phenoxy) is 1. The molecule has 2 aliphatic heterocycles. The Hall–Kier alpha value is -1.89. The van der Waals surface area contributed by atoms with Gasteiger partial charge in [0.05, 0.1) is 19.4 Å². The summed E-state index contributed by atoms with van der Waals surface area (Å²) in [6.45, 7) is 1.18. The second-order valence-electron chi connectivity index (χ2n) is 7.83. The summed E-state index contributed by atoms with van der Waals surface area (Å²) in [4.78, 5) is 2.56. The fourth-order valence-corrected chi connectivity index (χ4v) is 5.67. The quantitative estimate of drug-likeness (QED) is 0.773. The average Bonchev–Trinajstić information content (AvgIpc) is 2.95. The topological polar surface area (TPSA) is 49.9 Å². The number of hydrogen-bond donors (Lipinski definition) is 0. The molecule has 2 aromatic rings. The van der Waals surface area contributed by atoms with E-state index in [1.54, 1.807) is 11.4 Å². The van der Waals surface area contributed by atoms with E-state index in [0.717, 1.165) is 25.0 Å². The third kappa shape index (κ3) is 3.81. The Morgan fingerprint density at radius 3 is 2.39 bits per heavy atom. The second kappa shape index (κ2) is 7.85. The molecule has 0 radical (unpaired) electrons. The molecule has 0 saturated carbocycles. The van der Waals surface area contributed by atoms with Crippen LogP contribution in [0.1, 0.15) is 36.4 Å². The zero-order chi connectivity index (χ0) is 19.7. The van der Waals surface area contributed by atoms with Crippen LogP contribution in [0, 0.1) is 0 Å². The maximum atomic E-state index is 12.2. The monoisotopic (exact) mass is 400 g/mol. The van der Waals surface area contributed by atoms with Crippen molar-refractivity contribution in [3.8, 4) is 5.75 Å². The molecule has 2 heterocycles. The van der Waals surface area contributed by atoms with Crippen molar-refractivity contribution >= 4 is 10.0 Å². The number of rotatable bonds is 5. The third-order valence-corrected chi connectivity index (χ3v) is 7.36. The first-order valence-electron chi connectivity index (χ1n) is 9.89. The molecule has 2 saturated heterocycles. The molecule has 0 amide bonds. The van der Waals surface area contributed by atoms with Crippen LogP contribution in [0.25, 0.3) is 0 Å². The SMILES string of the molecule is COc1cccc([C@H](c2ccccc2)N2[C@H]3CC[C@H]2CN(S(C)(=O)=O)CC3)c1. The van der Waals surface area contributed by atoms with Gasteiger partial charge in [-0.3, -0.25) is 4.90 Å². The minimum absolute atomic E-state index is 0.0910.